The van der Waals surface area contributed by atoms with Crippen LogP contribution in [0.5, 0.6) is 0 Å². The van der Waals surface area contributed by atoms with Gasteiger partial charge in [-0.05, 0) is 34.0 Å². The van der Waals surface area contributed by atoms with Crippen LogP contribution in [0, 0.1) is 5.92 Å². The van der Waals surface area contributed by atoms with Crippen molar-refractivity contribution in [2.45, 2.75) is 11.3 Å². The second kappa shape index (κ2) is 6.23. The smallest absolute Gasteiger partial charge is 0.175 e. The number of rotatable bonds is 3. The van der Waals surface area contributed by atoms with Crippen molar-refractivity contribution in [3.63, 3.8) is 0 Å². The Morgan fingerprint density at radius 3 is 2.23 bits per heavy atom. The fraction of sp³-hybridized carbons (Fsp3) is 0.111. The third-order valence-electron chi connectivity index (χ3n) is 6.75. The maximum absolute atomic E-state index is 13.9. The van der Waals surface area contributed by atoms with E-state index in [2.05, 4.69) is 15.9 Å². The lowest BCUT2D eigenvalue weighted by Crippen LogP contribution is -2.22. The first-order valence-electron chi connectivity index (χ1n) is 10.1. The molecule has 0 heterocycles. The summed E-state index contributed by atoms with van der Waals surface area (Å²) in [5.74, 6) is -0.431. The molecule has 0 unspecified atom stereocenters. The van der Waals surface area contributed by atoms with Gasteiger partial charge in [0.05, 0.1) is 5.41 Å². The van der Waals surface area contributed by atoms with Crippen LogP contribution in [-0.4, -0.2) is 11.6 Å². The highest BCUT2D eigenvalue weighted by Gasteiger charge is 2.75. The molecule has 2 nitrogen and oxygen atoms in total. The fourth-order valence-electron chi connectivity index (χ4n) is 5.49. The van der Waals surface area contributed by atoms with Crippen LogP contribution in [0.3, 0.4) is 0 Å². The van der Waals surface area contributed by atoms with E-state index in [0.717, 1.165) is 31.9 Å². The number of fused-ring (bicyclic) bond motifs is 1. The summed E-state index contributed by atoms with van der Waals surface area (Å²) in [5.41, 5.74) is 2.64. The largest absolute Gasteiger partial charge is 0.294 e. The minimum absolute atomic E-state index is 0.0366. The highest BCUT2D eigenvalue weighted by atomic mass is 79.9. The van der Waals surface area contributed by atoms with Crippen LogP contribution in [0.1, 0.15) is 37.8 Å². The molecular formula is C27H17BrO2. The van der Waals surface area contributed by atoms with Gasteiger partial charge < -0.3 is 0 Å². The second-order valence-electron chi connectivity index (χ2n) is 8.14. The summed E-state index contributed by atoms with van der Waals surface area (Å²) in [6, 6.07) is 29.4. The Kier molecular flexibility index (Phi) is 3.69. The lowest BCUT2D eigenvalue weighted by molar-refractivity contribution is 0.0892. The summed E-state index contributed by atoms with van der Waals surface area (Å²) in [6.45, 7) is 0. The van der Waals surface area contributed by atoms with Gasteiger partial charge in [-0.3, -0.25) is 9.59 Å². The Morgan fingerprint density at radius 2 is 1.50 bits per heavy atom. The standard InChI is InChI=1S/C27H17BrO2/c28-19-14-12-18(13-15-19)25(29)24-23(17-6-2-1-3-7-17)27(24)21-11-5-9-16-8-4-10-20(22(16)21)26(27)30/h1-15,23-24H/t23-,24-,27-/m1/s1. The summed E-state index contributed by atoms with van der Waals surface area (Å²) in [4.78, 5) is 27.6. The molecule has 1 saturated carbocycles. The molecule has 30 heavy (non-hydrogen) atoms. The molecule has 1 fully saturated rings. The Labute approximate surface area is 182 Å². The number of carbonyl (C=O) groups is 2. The molecule has 1 spiro atoms. The summed E-state index contributed by atoms with van der Waals surface area (Å²) in [6.07, 6.45) is 0. The van der Waals surface area contributed by atoms with Crippen LogP contribution in [0.2, 0.25) is 0 Å². The number of hydrogen-bond donors (Lipinski definition) is 0. The Bertz CT molecular complexity index is 1340. The van der Waals surface area contributed by atoms with Gasteiger partial charge in [0.25, 0.3) is 0 Å². The van der Waals surface area contributed by atoms with Crippen LogP contribution in [0.15, 0.2) is 95.5 Å². The van der Waals surface area contributed by atoms with Gasteiger partial charge in [-0.2, -0.15) is 0 Å². The van der Waals surface area contributed by atoms with E-state index in [0.29, 0.717) is 5.56 Å². The summed E-state index contributed by atoms with van der Waals surface area (Å²) >= 11 is 3.44. The number of ketones is 2. The van der Waals surface area contributed by atoms with Crippen LogP contribution in [-0.2, 0) is 5.41 Å². The van der Waals surface area contributed by atoms with Crippen molar-refractivity contribution < 1.29 is 9.59 Å². The minimum Gasteiger partial charge on any atom is -0.294 e. The zero-order valence-corrected chi connectivity index (χ0v) is 17.6. The lowest BCUT2D eigenvalue weighted by Gasteiger charge is -2.11. The van der Waals surface area contributed by atoms with E-state index >= 15 is 0 Å². The van der Waals surface area contributed by atoms with Gasteiger partial charge in [0.1, 0.15) is 0 Å². The molecule has 3 heteroatoms. The van der Waals surface area contributed by atoms with Crippen molar-refractivity contribution >= 4 is 38.3 Å². The molecule has 144 valence electrons. The van der Waals surface area contributed by atoms with E-state index in [1.165, 1.54) is 0 Å². The van der Waals surface area contributed by atoms with Crippen LogP contribution in [0.4, 0.5) is 0 Å². The Hall–Kier alpha value is -3.04. The van der Waals surface area contributed by atoms with Gasteiger partial charge in [0, 0.05) is 27.4 Å². The summed E-state index contributed by atoms with van der Waals surface area (Å²) in [5, 5.41) is 2.07. The Morgan fingerprint density at radius 1 is 0.800 bits per heavy atom. The summed E-state index contributed by atoms with van der Waals surface area (Å²) in [7, 11) is 0. The molecule has 4 aromatic rings. The molecule has 0 bridgehead atoms. The topological polar surface area (TPSA) is 34.1 Å². The summed E-state index contributed by atoms with van der Waals surface area (Å²) < 4.78 is 0.929. The van der Waals surface area contributed by atoms with Gasteiger partial charge in [0.15, 0.2) is 11.6 Å². The van der Waals surface area contributed by atoms with Crippen LogP contribution < -0.4 is 0 Å². The first-order chi connectivity index (χ1) is 14.6. The van der Waals surface area contributed by atoms with Gasteiger partial charge >= 0.3 is 0 Å². The molecule has 2 aliphatic carbocycles. The lowest BCUT2D eigenvalue weighted by atomic mass is 9.88. The van der Waals surface area contributed by atoms with E-state index in [9.17, 15) is 9.59 Å². The van der Waals surface area contributed by atoms with Gasteiger partial charge in [-0.25, -0.2) is 0 Å². The first kappa shape index (κ1) is 17.8. The highest BCUT2D eigenvalue weighted by molar-refractivity contribution is 9.10. The van der Waals surface area contributed by atoms with Crippen molar-refractivity contribution in [1.82, 2.24) is 0 Å². The van der Waals surface area contributed by atoms with E-state index in [1.807, 2.05) is 91.0 Å². The predicted octanol–water partition coefficient (Wildman–Crippen LogP) is 6.33. The highest BCUT2D eigenvalue weighted by Crippen LogP contribution is 2.71. The van der Waals surface area contributed by atoms with E-state index in [4.69, 9.17) is 0 Å². The molecule has 0 N–H and O–H groups in total. The number of hydrogen-bond acceptors (Lipinski definition) is 2. The SMILES string of the molecule is O=C(c1ccc(Br)cc1)[C@H]1[C@@H](c2ccccc2)[C@@]12C(=O)c1cccc3cccc2c13. The van der Waals surface area contributed by atoms with Gasteiger partial charge in [0.2, 0.25) is 0 Å². The molecule has 0 aliphatic heterocycles. The van der Waals surface area contributed by atoms with E-state index < -0.39 is 11.3 Å². The monoisotopic (exact) mass is 452 g/mol. The van der Waals surface area contributed by atoms with Crippen molar-refractivity contribution in [2.75, 3.05) is 0 Å². The average Bonchev–Trinajstić information content (AvgIpc) is 3.42. The predicted molar refractivity (Wildman–Crippen MR) is 121 cm³/mol. The van der Waals surface area contributed by atoms with E-state index in [-0.39, 0.29) is 17.5 Å². The third kappa shape index (κ3) is 2.19. The zero-order valence-electron chi connectivity index (χ0n) is 16.0. The normalized spacial score (nSPS) is 23.8. The molecule has 0 saturated heterocycles. The quantitative estimate of drug-likeness (QED) is 0.340. The van der Waals surface area contributed by atoms with Crippen molar-refractivity contribution in [2.24, 2.45) is 5.92 Å². The third-order valence-corrected chi connectivity index (χ3v) is 7.27. The molecule has 0 aromatic heterocycles. The molecule has 2 aliphatic rings. The molecule has 0 amide bonds. The maximum Gasteiger partial charge on any atom is 0.175 e. The van der Waals surface area contributed by atoms with Gasteiger partial charge in [-0.15, -0.1) is 0 Å². The average molecular weight is 453 g/mol. The van der Waals surface area contributed by atoms with Gasteiger partial charge in [-0.1, -0.05) is 94.8 Å². The first-order valence-corrected chi connectivity index (χ1v) is 10.8. The molecule has 6 rings (SSSR count). The molecule has 3 atom stereocenters. The Balaban J connectivity index is 1.58. The van der Waals surface area contributed by atoms with Crippen molar-refractivity contribution in [3.05, 3.63) is 118 Å². The van der Waals surface area contributed by atoms with E-state index in [1.54, 1.807) is 0 Å². The molecule has 0 radical (unpaired) electrons. The fourth-order valence-corrected chi connectivity index (χ4v) is 5.76. The minimum atomic E-state index is -0.811. The van der Waals surface area contributed by atoms with Crippen molar-refractivity contribution in [1.29, 1.82) is 0 Å². The number of Topliss-reactive ketones (excluding diaryl/α,β-unsaturated/α-hetero) is 2. The maximum atomic E-state index is 13.9. The second-order valence-corrected chi connectivity index (χ2v) is 9.06. The van der Waals surface area contributed by atoms with Crippen LogP contribution in [0.25, 0.3) is 10.8 Å². The van der Waals surface area contributed by atoms with Crippen molar-refractivity contribution in [3.8, 4) is 0 Å². The number of benzene rings is 4. The molecule has 4 aromatic carbocycles. The number of carbonyl (C=O) groups excluding carboxylic acids is 2. The van der Waals surface area contributed by atoms with Crippen LogP contribution >= 0.6 is 15.9 Å². The number of halogens is 1. The zero-order chi connectivity index (χ0) is 20.5. The molecular weight excluding hydrogens is 436 g/mol.